The van der Waals surface area contributed by atoms with Gasteiger partial charge in [0.2, 0.25) is 5.89 Å². The van der Waals surface area contributed by atoms with Crippen molar-refractivity contribution in [2.24, 2.45) is 0 Å². The average molecular weight is 330 g/mol. The third-order valence-electron chi connectivity index (χ3n) is 3.61. The van der Waals surface area contributed by atoms with Crippen molar-refractivity contribution in [1.29, 1.82) is 0 Å². The van der Waals surface area contributed by atoms with Crippen LogP contribution in [0.15, 0.2) is 83.3 Å². The fourth-order valence-electron chi connectivity index (χ4n) is 2.44. The van der Waals surface area contributed by atoms with Crippen LogP contribution in [0, 0.1) is 0 Å². The largest absolute Gasteiger partial charge is 0.436 e. The molecule has 0 saturated carbocycles. The van der Waals surface area contributed by atoms with Crippen molar-refractivity contribution in [3.8, 4) is 17.2 Å². The summed E-state index contributed by atoms with van der Waals surface area (Å²) in [6, 6.07) is 23.8. The Morgan fingerprint density at radius 3 is 2.40 bits per heavy atom. The molecule has 0 saturated heterocycles. The molecule has 0 fully saturated rings. The number of fused-ring (bicyclic) bond motifs is 1. The van der Waals surface area contributed by atoms with Crippen molar-refractivity contribution in [1.82, 2.24) is 4.98 Å². The predicted octanol–water partition coefficient (Wildman–Crippen LogP) is 5.11. The zero-order valence-corrected chi connectivity index (χ0v) is 13.2. The fraction of sp³-hybridized carbons (Fsp3) is 0. The first-order valence-corrected chi connectivity index (χ1v) is 7.78. The normalized spacial score (nSPS) is 10.6. The zero-order chi connectivity index (χ0) is 17.1. The second kappa shape index (κ2) is 6.49. The van der Waals surface area contributed by atoms with E-state index < -0.39 is 6.09 Å². The molecule has 0 aliphatic rings. The summed E-state index contributed by atoms with van der Waals surface area (Å²) >= 11 is 0. The number of hydrogen-bond donors (Lipinski definition) is 1. The first-order valence-electron chi connectivity index (χ1n) is 7.78. The van der Waals surface area contributed by atoms with Crippen LogP contribution in [0.3, 0.4) is 0 Å². The summed E-state index contributed by atoms with van der Waals surface area (Å²) < 4.78 is 11.1. The van der Waals surface area contributed by atoms with Gasteiger partial charge in [-0.3, -0.25) is 5.32 Å². The number of amides is 1. The van der Waals surface area contributed by atoms with Gasteiger partial charge in [0, 0.05) is 17.3 Å². The number of rotatable bonds is 3. The molecule has 1 heterocycles. The van der Waals surface area contributed by atoms with Gasteiger partial charge in [0.25, 0.3) is 0 Å². The standard InChI is InChI=1S/C20H14N2O3/c23-20(21-15-9-5-2-6-10-15)24-16-11-12-17-18(13-16)25-19(22-17)14-7-3-1-4-8-14/h1-13H,(H,21,23). The Morgan fingerprint density at radius 2 is 1.64 bits per heavy atom. The molecule has 1 aromatic heterocycles. The topological polar surface area (TPSA) is 64.4 Å². The van der Waals surface area contributed by atoms with Crippen molar-refractivity contribution in [2.45, 2.75) is 0 Å². The molecule has 3 aromatic carbocycles. The van der Waals surface area contributed by atoms with E-state index in [1.165, 1.54) is 0 Å². The molecule has 0 aliphatic carbocycles. The van der Waals surface area contributed by atoms with E-state index in [2.05, 4.69) is 10.3 Å². The number of oxazole rings is 1. The highest BCUT2D eigenvalue weighted by atomic mass is 16.6. The number of benzene rings is 3. The number of hydrogen-bond acceptors (Lipinski definition) is 4. The van der Waals surface area contributed by atoms with Gasteiger partial charge in [0.1, 0.15) is 11.3 Å². The molecule has 0 atom stereocenters. The van der Waals surface area contributed by atoms with Crippen LogP contribution in [0.2, 0.25) is 0 Å². The van der Waals surface area contributed by atoms with Crippen LogP contribution < -0.4 is 10.1 Å². The Balaban J connectivity index is 1.54. The summed E-state index contributed by atoms with van der Waals surface area (Å²) in [6.45, 7) is 0. The Kier molecular flexibility index (Phi) is 3.88. The molecule has 5 heteroatoms. The second-order valence-electron chi connectivity index (χ2n) is 5.40. The molecule has 4 aromatic rings. The second-order valence-corrected chi connectivity index (χ2v) is 5.40. The maximum atomic E-state index is 12.0. The first kappa shape index (κ1) is 15.0. The highest BCUT2D eigenvalue weighted by Crippen LogP contribution is 2.27. The lowest BCUT2D eigenvalue weighted by Crippen LogP contribution is -2.16. The summed E-state index contributed by atoms with van der Waals surface area (Å²) in [6.07, 6.45) is -0.562. The van der Waals surface area contributed by atoms with E-state index in [9.17, 15) is 4.79 Å². The summed E-state index contributed by atoms with van der Waals surface area (Å²) in [5, 5.41) is 2.66. The molecule has 122 valence electrons. The van der Waals surface area contributed by atoms with E-state index in [1.54, 1.807) is 30.3 Å². The SMILES string of the molecule is O=C(Nc1ccccc1)Oc1ccc2nc(-c3ccccc3)oc2c1. The number of aromatic nitrogens is 1. The maximum Gasteiger partial charge on any atom is 0.417 e. The smallest absolute Gasteiger partial charge is 0.417 e. The van der Waals surface area contributed by atoms with Crippen LogP contribution in [0.1, 0.15) is 0 Å². The van der Waals surface area contributed by atoms with Gasteiger partial charge in [0.15, 0.2) is 5.58 Å². The molecule has 25 heavy (non-hydrogen) atoms. The van der Waals surface area contributed by atoms with E-state index in [0.29, 0.717) is 28.4 Å². The molecule has 4 rings (SSSR count). The molecule has 0 unspecified atom stereocenters. The Hall–Kier alpha value is -3.60. The van der Waals surface area contributed by atoms with Gasteiger partial charge < -0.3 is 9.15 Å². The minimum atomic E-state index is -0.562. The Bertz CT molecular complexity index is 1010. The first-order chi connectivity index (χ1) is 12.3. The van der Waals surface area contributed by atoms with Crippen LogP contribution in [-0.4, -0.2) is 11.1 Å². The molecular formula is C20H14N2O3. The van der Waals surface area contributed by atoms with Crippen molar-refractivity contribution in [3.63, 3.8) is 0 Å². The highest BCUT2D eigenvalue weighted by molar-refractivity contribution is 5.87. The van der Waals surface area contributed by atoms with E-state index >= 15 is 0 Å². The quantitative estimate of drug-likeness (QED) is 0.567. The monoisotopic (exact) mass is 330 g/mol. The lowest BCUT2D eigenvalue weighted by Gasteiger charge is -2.06. The highest BCUT2D eigenvalue weighted by Gasteiger charge is 2.11. The third-order valence-corrected chi connectivity index (χ3v) is 3.61. The maximum absolute atomic E-state index is 12.0. The van der Waals surface area contributed by atoms with Crippen LogP contribution in [0.4, 0.5) is 10.5 Å². The lowest BCUT2D eigenvalue weighted by molar-refractivity contribution is 0.215. The fourth-order valence-corrected chi connectivity index (χ4v) is 2.44. The predicted molar refractivity (Wildman–Crippen MR) is 95.5 cm³/mol. The van der Waals surface area contributed by atoms with Crippen molar-refractivity contribution < 1.29 is 13.9 Å². The van der Waals surface area contributed by atoms with E-state index in [1.807, 2.05) is 48.5 Å². The van der Waals surface area contributed by atoms with Gasteiger partial charge >= 0.3 is 6.09 Å². The number of ether oxygens (including phenoxy) is 1. The van der Waals surface area contributed by atoms with Crippen LogP contribution in [-0.2, 0) is 0 Å². The summed E-state index contributed by atoms with van der Waals surface area (Å²) in [7, 11) is 0. The third kappa shape index (κ3) is 3.35. The molecule has 0 bridgehead atoms. The van der Waals surface area contributed by atoms with Crippen LogP contribution in [0.5, 0.6) is 5.75 Å². The van der Waals surface area contributed by atoms with E-state index in [-0.39, 0.29) is 0 Å². The number of para-hydroxylation sites is 1. The molecule has 1 N–H and O–H groups in total. The van der Waals surface area contributed by atoms with Gasteiger partial charge in [-0.25, -0.2) is 9.78 Å². The van der Waals surface area contributed by atoms with Gasteiger partial charge in [0.05, 0.1) is 0 Å². The molecule has 0 spiro atoms. The van der Waals surface area contributed by atoms with Gasteiger partial charge in [-0.1, -0.05) is 36.4 Å². The van der Waals surface area contributed by atoms with Gasteiger partial charge in [-0.15, -0.1) is 0 Å². The Labute approximate surface area is 143 Å². The van der Waals surface area contributed by atoms with Crippen molar-refractivity contribution in [2.75, 3.05) is 5.32 Å². The molecule has 5 nitrogen and oxygen atoms in total. The minimum absolute atomic E-state index is 0.386. The molecule has 0 radical (unpaired) electrons. The van der Waals surface area contributed by atoms with Crippen LogP contribution in [0.25, 0.3) is 22.6 Å². The average Bonchev–Trinajstić information content (AvgIpc) is 3.06. The number of carbonyl (C=O) groups excluding carboxylic acids is 1. The van der Waals surface area contributed by atoms with Crippen molar-refractivity contribution >= 4 is 22.9 Å². The van der Waals surface area contributed by atoms with Crippen molar-refractivity contribution in [3.05, 3.63) is 78.9 Å². The van der Waals surface area contributed by atoms with E-state index in [0.717, 1.165) is 5.56 Å². The number of nitrogens with zero attached hydrogens (tertiary/aromatic N) is 1. The minimum Gasteiger partial charge on any atom is -0.436 e. The van der Waals surface area contributed by atoms with Gasteiger partial charge in [-0.2, -0.15) is 0 Å². The number of nitrogens with one attached hydrogen (secondary N) is 1. The zero-order valence-electron chi connectivity index (χ0n) is 13.2. The van der Waals surface area contributed by atoms with Gasteiger partial charge in [-0.05, 0) is 36.4 Å². The summed E-state index contributed by atoms with van der Waals surface area (Å²) in [4.78, 5) is 16.4. The Morgan fingerprint density at radius 1 is 0.920 bits per heavy atom. The van der Waals surface area contributed by atoms with E-state index in [4.69, 9.17) is 9.15 Å². The molecule has 1 amide bonds. The lowest BCUT2D eigenvalue weighted by atomic mass is 10.2. The summed E-state index contributed by atoms with van der Waals surface area (Å²) in [5.41, 5.74) is 2.82. The number of carbonyl (C=O) groups is 1. The molecular weight excluding hydrogens is 316 g/mol. The molecule has 0 aliphatic heterocycles. The number of anilines is 1. The summed E-state index contributed by atoms with van der Waals surface area (Å²) in [5.74, 6) is 0.915. The van der Waals surface area contributed by atoms with Crippen LogP contribution >= 0.6 is 0 Å².